The molecular weight excluding hydrogens is 610 g/mol. The predicted octanol–water partition coefficient (Wildman–Crippen LogP) is 4.50. The van der Waals surface area contributed by atoms with Gasteiger partial charge in [-0.2, -0.15) is 0 Å². The van der Waals surface area contributed by atoms with E-state index in [-0.39, 0.29) is 31.4 Å². The molecule has 0 fully saturated rings. The van der Waals surface area contributed by atoms with E-state index in [0.29, 0.717) is 11.5 Å². The highest BCUT2D eigenvalue weighted by Crippen LogP contribution is 2.36. The molecule has 3 aromatic rings. The monoisotopic (exact) mass is 643 g/mol. The van der Waals surface area contributed by atoms with Crippen LogP contribution in [0.1, 0.15) is 31.9 Å². The molecule has 0 saturated heterocycles. The zero-order valence-electron chi connectivity index (χ0n) is 23.5. The number of fused-ring (bicyclic) bond motifs is 1. The van der Waals surface area contributed by atoms with Crippen molar-refractivity contribution in [2.45, 2.75) is 45.3 Å². The van der Waals surface area contributed by atoms with Crippen molar-refractivity contribution in [3.05, 3.63) is 88.4 Å². The first-order valence-corrected chi connectivity index (χ1v) is 15.7. The molecule has 0 saturated carbocycles. The summed E-state index contributed by atoms with van der Waals surface area (Å²) in [7, 11) is -3.89. The molecule has 0 aromatic heterocycles. The van der Waals surface area contributed by atoms with E-state index >= 15 is 0 Å². The lowest BCUT2D eigenvalue weighted by Gasteiger charge is -2.35. The zero-order valence-corrected chi connectivity index (χ0v) is 25.9. The van der Waals surface area contributed by atoms with Gasteiger partial charge in [0.05, 0.1) is 11.9 Å². The summed E-state index contributed by atoms with van der Waals surface area (Å²) in [5.41, 5.74) is 1.36. The summed E-state index contributed by atoms with van der Waals surface area (Å²) in [4.78, 5) is 29.4. The zero-order chi connectivity index (χ0) is 29.8. The molecule has 218 valence electrons. The Morgan fingerprint density at radius 3 is 2.24 bits per heavy atom. The van der Waals surface area contributed by atoms with E-state index in [1.54, 1.807) is 12.1 Å². The molecule has 0 spiro atoms. The van der Waals surface area contributed by atoms with E-state index in [1.165, 1.54) is 11.0 Å². The van der Waals surface area contributed by atoms with E-state index in [0.717, 1.165) is 26.2 Å². The van der Waals surface area contributed by atoms with Crippen molar-refractivity contribution in [3.63, 3.8) is 0 Å². The quantitative estimate of drug-likeness (QED) is 0.349. The molecule has 4 rings (SSSR count). The lowest BCUT2D eigenvalue weighted by Crippen LogP contribution is -2.56. The molecule has 2 amide bonds. The summed E-state index contributed by atoms with van der Waals surface area (Å²) in [6, 6.07) is 20.6. The maximum Gasteiger partial charge on any atom is 0.244 e. The molecule has 41 heavy (non-hydrogen) atoms. The van der Waals surface area contributed by atoms with Crippen molar-refractivity contribution in [2.75, 3.05) is 23.9 Å². The van der Waals surface area contributed by atoms with Crippen LogP contribution in [-0.4, -0.2) is 56.3 Å². The van der Waals surface area contributed by atoms with Crippen LogP contribution in [0.25, 0.3) is 0 Å². The molecule has 1 aliphatic rings. The average Bonchev–Trinajstić information content (AvgIpc) is 3.37. The molecule has 1 heterocycles. The number of ether oxygens (including phenoxy) is 2. The standard InChI is InChI=1S/C30H34BrN3O6S/c1-30(2,3)32-29(36)25(16-21-8-6-5-7-9-21)33(18-22-10-12-23(31)13-11-22)28(35)19-34(41(4,37)38)24-14-15-26-27(17-24)40-20-39-26/h5-15,17,25H,16,18-20H2,1-4H3,(H,32,36)/t25-/m1/s1. The molecule has 1 N–H and O–H groups in total. The van der Waals surface area contributed by atoms with Crippen molar-refractivity contribution < 1.29 is 27.5 Å². The second-order valence-corrected chi connectivity index (χ2v) is 13.7. The van der Waals surface area contributed by atoms with Gasteiger partial charge in [-0.1, -0.05) is 58.4 Å². The minimum Gasteiger partial charge on any atom is -0.454 e. The van der Waals surface area contributed by atoms with Crippen LogP contribution in [0.2, 0.25) is 0 Å². The minimum atomic E-state index is -3.89. The lowest BCUT2D eigenvalue weighted by atomic mass is 10.0. The van der Waals surface area contributed by atoms with Gasteiger partial charge in [-0.25, -0.2) is 8.42 Å². The van der Waals surface area contributed by atoms with Crippen molar-refractivity contribution in [2.24, 2.45) is 0 Å². The number of amides is 2. The van der Waals surface area contributed by atoms with Crippen LogP contribution in [-0.2, 0) is 32.6 Å². The van der Waals surface area contributed by atoms with Crippen molar-refractivity contribution in [1.82, 2.24) is 10.2 Å². The van der Waals surface area contributed by atoms with E-state index in [2.05, 4.69) is 21.2 Å². The normalized spacial score (nSPS) is 13.4. The first-order valence-electron chi connectivity index (χ1n) is 13.1. The SMILES string of the molecule is CC(C)(C)NC(=O)[C@@H](Cc1ccccc1)N(Cc1ccc(Br)cc1)C(=O)CN(c1ccc2c(c1)OCO2)S(C)(=O)=O. The fourth-order valence-corrected chi connectivity index (χ4v) is 5.55. The maximum atomic E-state index is 14.2. The van der Waals surface area contributed by atoms with Crippen LogP contribution in [0, 0.1) is 0 Å². The molecule has 1 atom stereocenters. The third-order valence-electron chi connectivity index (χ3n) is 6.36. The van der Waals surface area contributed by atoms with Gasteiger partial charge in [-0.15, -0.1) is 0 Å². The van der Waals surface area contributed by atoms with Crippen LogP contribution in [0.3, 0.4) is 0 Å². The van der Waals surface area contributed by atoms with Gasteiger partial charge in [0.25, 0.3) is 0 Å². The number of sulfonamides is 1. The number of hydrogen-bond acceptors (Lipinski definition) is 6. The number of anilines is 1. The number of hydrogen-bond donors (Lipinski definition) is 1. The molecule has 0 radical (unpaired) electrons. The Morgan fingerprint density at radius 1 is 0.951 bits per heavy atom. The van der Waals surface area contributed by atoms with Gasteiger partial charge in [-0.3, -0.25) is 13.9 Å². The number of halogens is 1. The summed E-state index contributed by atoms with van der Waals surface area (Å²) in [5, 5.41) is 3.01. The van der Waals surface area contributed by atoms with E-state index < -0.39 is 34.1 Å². The van der Waals surface area contributed by atoms with Crippen LogP contribution in [0.15, 0.2) is 77.3 Å². The predicted molar refractivity (Wildman–Crippen MR) is 161 cm³/mol. The number of benzene rings is 3. The molecular formula is C30H34BrN3O6S. The molecule has 0 unspecified atom stereocenters. The third-order valence-corrected chi connectivity index (χ3v) is 8.03. The second kappa shape index (κ2) is 12.5. The molecule has 11 heteroatoms. The van der Waals surface area contributed by atoms with Crippen molar-refractivity contribution >= 4 is 43.5 Å². The Kier molecular flexibility index (Phi) is 9.28. The van der Waals surface area contributed by atoms with E-state index in [1.807, 2.05) is 75.4 Å². The van der Waals surface area contributed by atoms with Crippen LogP contribution < -0.4 is 19.1 Å². The summed E-state index contributed by atoms with van der Waals surface area (Å²) in [5.74, 6) is 0.0239. The van der Waals surface area contributed by atoms with Crippen LogP contribution in [0.4, 0.5) is 5.69 Å². The number of carbonyl (C=O) groups is 2. The lowest BCUT2D eigenvalue weighted by molar-refractivity contribution is -0.140. The van der Waals surface area contributed by atoms with Crippen molar-refractivity contribution in [3.8, 4) is 11.5 Å². The topological polar surface area (TPSA) is 105 Å². The number of carbonyl (C=O) groups excluding carboxylic acids is 2. The fraction of sp³-hybridized carbons (Fsp3) is 0.333. The van der Waals surface area contributed by atoms with Gasteiger partial charge in [0.15, 0.2) is 11.5 Å². The van der Waals surface area contributed by atoms with Gasteiger partial charge in [0.2, 0.25) is 28.6 Å². The van der Waals surface area contributed by atoms with E-state index in [4.69, 9.17) is 9.47 Å². The summed E-state index contributed by atoms with van der Waals surface area (Å²) < 4.78 is 38.6. The third kappa shape index (κ3) is 8.23. The summed E-state index contributed by atoms with van der Waals surface area (Å²) >= 11 is 3.43. The minimum absolute atomic E-state index is 0.0294. The largest absolute Gasteiger partial charge is 0.454 e. The second-order valence-electron chi connectivity index (χ2n) is 10.9. The first kappa shape index (κ1) is 30.4. The molecule has 3 aromatic carbocycles. The smallest absolute Gasteiger partial charge is 0.244 e. The molecule has 1 aliphatic heterocycles. The summed E-state index contributed by atoms with van der Waals surface area (Å²) in [6.45, 7) is 5.23. The van der Waals surface area contributed by atoms with Crippen molar-refractivity contribution in [1.29, 1.82) is 0 Å². The van der Waals surface area contributed by atoms with Crippen LogP contribution in [0.5, 0.6) is 11.5 Å². The van der Waals surface area contributed by atoms with Gasteiger partial charge in [-0.05, 0) is 56.2 Å². The highest BCUT2D eigenvalue weighted by atomic mass is 79.9. The molecule has 9 nitrogen and oxygen atoms in total. The van der Waals surface area contributed by atoms with E-state index in [9.17, 15) is 18.0 Å². The maximum absolute atomic E-state index is 14.2. The number of nitrogens with zero attached hydrogens (tertiary/aromatic N) is 2. The Balaban J connectivity index is 1.74. The Labute approximate surface area is 249 Å². The number of nitrogens with one attached hydrogen (secondary N) is 1. The molecule has 0 bridgehead atoms. The average molecular weight is 645 g/mol. The Morgan fingerprint density at radius 2 is 1.61 bits per heavy atom. The van der Waals surface area contributed by atoms with Crippen LogP contribution >= 0.6 is 15.9 Å². The summed E-state index contributed by atoms with van der Waals surface area (Å²) in [6.07, 6.45) is 1.28. The number of rotatable bonds is 10. The highest BCUT2D eigenvalue weighted by molar-refractivity contribution is 9.10. The Hall–Kier alpha value is -3.57. The molecule has 0 aliphatic carbocycles. The van der Waals surface area contributed by atoms with Gasteiger partial charge >= 0.3 is 0 Å². The highest BCUT2D eigenvalue weighted by Gasteiger charge is 2.34. The first-order chi connectivity index (χ1) is 19.3. The fourth-order valence-electron chi connectivity index (χ4n) is 4.45. The van der Waals surface area contributed by atoms with Gasteiger partial charge < -0.3 is 19.7 Å². The Bertz CT molecular complexity index is 1490. The van der Waals surface area contributed by atoms with Gasteiger partial charge in [0.1, 0.15) is 12.6 Å². The van der Waals surface area contributed by atoms with Gasteiger partial charge in [0, 0.05) is 29.0 Å².